The van der Waals surface area contributed by atoms with Crippen LogP contribution in [0.25, 0.3) is 0 Å². The van der Waals surface area contributed by atoms with Gasteiger partial charge in [-0.1, -0.05) is 0 Å². The maximum atomic E-state index is 5.46. The highest BCUT2D eigenvalue weighted by Crippen LogP contribution is 2.14. The highest BCUT2D eigenvalue weighted by molar-refractivity contribution is 5.26. The number of nitrogens with two attached hydrogens (primary N) is 1. The summed E-state index contributed by atoms with van der Waals surface area (Å²) in [7, 11) is 0. The van der Waals surface area contributed by atoms with Crippen molar-refractivity contribution in [3.63, 3.8) is 0 Å². The third kappa shape index (κ3) is 2.12. The summed E-state index contributed by atoms with van der Waals surface area (Å²) in [4.78, 5) is 8.49. The molecule has 0 unspecified atom stereocenters. The molecule has 2 aliphatic rings. The van der Waals surface area contributed by atoms with Crippen LogP contribution in [0.4, 0.5) is 5.82 Å². The monoisotopic (exact) mass is 245 g/mol. The standard InChI is InChI=1S/C7H10N2.C6H9N3/c1-6-5-9-4-2-3-7(9)8-6;7-5-4-9-3-1-2-6(9)8-5/h5H,2-4H2,1H3;4H,1-3,7H2. The van der Waals surface area contributed by atoms with Crippen LogP contribution in [-0.4, -0.2) is 19.1 Å². The van der Waals surface area contributed by atoms with Gasteiger partial charge >= 0.3 is 0 Å². The van der Waals surface area contributed by atoms with E-state index in [0.29, 0.717) is 5.82 Å². The lowest BCUT2D eigenvalue weighted by Crippen LogP contribution is -1.87. The summed E-state index contributed by atoms with van der Waals surface area (Å²) in [6, 6.07) is 0. The van der Waals surface area contributed by atoms with E-state index in [1.54, 1.807) is 0 Å². The molecule has 0 saturated carbocycles. The molecular formula is C13H19N5. The first-order chi connectivity index (χ1) is 8.72. The molecule has 2 aliphatic heterocycles. The van der Waals surface area contributed by atoms with Crippen molar-refractivity contribution in [1.29, 1.82) is 0 Å². The van der Waals surface area contributed by atoms with Crippen LogP contribution in [-0.2, 0) is 25.9 Å². The maximum Gasteiger partial charge on any atom is 0.141 e. The van der Waals surface area contributed by atoms with Crippen molar-refractivity contribution in [2.45, 2.75) is 45.7 Å². The Labute approximate surface area is 107 Å². The molecule has 2 N–H and O–H groups in total. The summed E-state index contributed by atoms with van der Waals surface area (Å²) in [5.74, 6) is 3.07. The summed E-state index contributed by atoms with van der Waals surface area (Å²) in [5.41, 5.74) is 6.61. The summed E-state index contributed by atoms with van der Waals surface area (Å²) in [5, 5.41) is 0. The second-order valence-electron chi connectivity index (χ2n) is 4.97. The number of aromatic nitrogens is 4. The molecule has 0 fully saturated rings. The first kappa shape index (κ1) is 11.3. The summed E-state index contributed by atoms with van der Waals surface area (Å²) >= 11 is 0. The predicted octanol–water partition coefficient (Wildman–Crippen LogP) is 1.55. The van der Waals surface area contributed by atoms with Gasteiger partial charge in [0.15, 0.2) is 0 Å². The molecule has 18 heavy (non-hydrogen) atoms. The minimum absolute atomic E-state index is 0.657. The normalized spacial score (nSPS) is 16.1. The summed E-state index contributed by atoms with van der Waals surface area (Å²) in [6.45, 7) is 4.32. The van der Waals surface area contributed by atoms with Gasteiger partial charge in [0.2, 0.25) is 0 Å². The van der Waals surface area contributed by atoms with Crippen LogP contribution < -0.4 is 5.73 Å². The Balaban J connectivity index is 0.000000111. The lowest BCUT2D eigenvalue weighted by molar-refractivity contribution is 0.748. The predicted molar refractivity (Wildman–Crippen MR) is 70.2 cm³/mol. The number of nitrogen functional groups attached to an aromatic ring is 1. The van der Waals surface area contributed by atoms with E-state index in [1.165, 1.54) is 31.6 Å². The van der Waals surface area contributed by atoms with E-state index < -0.39 is 0 Å². The van der Waals surface area contributed by atoms with Crippen molar-refractivity contribution >= 4 is 5.82 Å². The molecule has 96 valence electrons. The van der Waals surface area contributed by atoms with Crippen molar-refractivity contribution in [3.05, 3.63) is 29.7 Å². The molecule has 0 spiro atoms. The van der Waals surface area contributed by atoms with Gasteiger partial charge in [0.05, 0.1) is 5.69 Å². The average molecular weight is 245 g/mol. The third-order valence-corrected chi connectivity index (χ3v) is 3.46. The number of hydrogen-bond donors (Lipinski definition) is 1. The van der Waals surface area contributed by atoms with Gasteiger partial charge in [-0.15, -0.1) is 0 Å². The Morgan fingerprint density at radius 3 is 2.22 bits per heavy atom. The van der Waals surface area contributed by atoms with Crippen LogP contribution in [0.2, 0.25) is 0 Å². The van der Waals surface area contributed by atoms with Gasteiger partial charge < -0.3 is 14.9 Å². The summed E-state index contributed by atoms with van der Waals surface area (Å²) < 4.78 is 4.37. The van der Waals surface area contributed by atoms with Crippen molar-refractivity contribution in [3.8, 4) is 0 Å². The van der Waals surface area contributed by atoms with Crippen molar-refractivity contribution in [2.24, 2.45) is 0 Å². The number of anilines is 1. The fraction of sp³-hybridized carbons (Fsp3) is 0.538. The second-order valence-corrected chi connectivity index (χ2v) is 4.97. The zero-order valence-electron chi connectivity index (χ0n) is 10.8. The van der Waals surface area contributed by atoms with Crippen LogP contribution in [0.1, 0.15) is 30.2 Å². The number of fused-ring (bicyclic) bond motifs is 2. The third-order valence-electron chi connectivity index (χ3n) is 3.46. The fourth-order valence-corrected chi connectivity index (χ4v) is 2.67. The second kappa shape index (κ2) is 4.48. The number of nitrogens with zero attached hydrogens (tertiary/aromatic N) is 4. The SMILES string of the molecule is Cc1cn2c(n1)CCC2.Nc1cn2c(n1)CCC2. The van der Waals surface area contributed by atoms with Crippen LogP contribution in [0.5, 0.6) is 0 Å². The molecule has 0 aromatic carbocycles. The van der Waals surface area contributed by atoms with Gasteiger partial charge in [-0.2, -0.15) is 0 Å². The smallest absolute Gasteiger partial charge is 0.141 e. The molecule has 4 heterocycles. The van der Waals surface area contributed by atoms with Crippen molar-refractivity contribution in [1.82, 2.24) is 19.1 Å². The molecule has 0 radical (unpaired) electrons. The largest absolute Gasteiger partial charge is 0.382 e. The lowest BCUT2D eigenvalue weighted by Gasteiger charge is -1.88. The Bertz CT molecular complexity index is 458. The zero-order valence-corrected chi connectivity index (χ0v) is 10.8. The van der Waals surface area contributed by atoms with E-state index >= 15 is 0 Å². The van der Waals surface area contributed by atoms with E-state index in [0.717, 1.165) is 24.5 Å². The molecule has 0 saturated heterocycles. The average Bonchev–Trinajstić information content (AvgIpc) is 2.97. The van der Waals surface area contributed by atoms with Crippen LogP contribution in [0.3, 0.4) is 0 Å². The van der Waals surface area contributed by atoms with Crippen molar-refractivity contribution < 1.29 is 0 Å². The highest BCUT2D eigenvalue weighted by Gasteiger charge is 2.11. The van der Waals surface area contributed by atoms with Gasteiger partial charge in [-0.25, -0.2) is 9.97 Å². The molecule has 0 aliphatic carbocycles. The molecule has 2 aromatic rings. The number of hydrogen-bond acceptors (Lipinski definition) is 3. The van der Waals surface area contributed by atoms with Gasteiger partial charge in [0.25, 0.3) is 0 Å². The highest BCUT2D eigenvalue weighted by atomic mass is 15.1. The molecule has 0 bridgehead atoms. The van der Waals surface area contributed by atoms with E-state index in [-0.39, 0.29) is 0 Å². The van der Waals surface area contributed by atoms with Crippen molar-refractivity contribution in [2.75, 3.05) is 5.73 Å². The Kier molecular flexibility index (Phi) is 2.81. The number of aryl methyl sites for hydroxylation is 5. The Morgan fingerprint density at radius 2 is 1.61 bits per heavy atom. The quantitative estimate of drug-likeness (QED) is 0.766. The number of imidazole rings is 2. The molecule has 2 aromatic heterocycles. The Hall–Kier alpha value is -1.78. The van der Waals surface area contributed by atoms with E-state index in [2.05, 4.69) is 25.3 Å². The summed E-state index contributed by atoms with van der Waals surface area (Å²) in [6.07, 6.45) is 8.81. The first-order valence-corrected chi connectivity index (χ1v) is 6.56. The Morgan fingerprint density at radius 1 is 1.00 bits per heavy atom. The molecule has 0 amide bonds. The van der Waals surface area contributed by atoms with E-state index in [4.69, 9.17) is 5.73 Å². The van der Waals surface area contributed by atoms with Gasteiger partial charge in [-0.3, -0.25) is 0 Å². The molecular weight excluding hydrogens is 226 g/mol. The maximum absolute atomic E-state index is 5.46. The van der Waals surface area contributed by atoms with Crippen LogP contribution >= 0.6 is 0 Å². The lowest BCUT2D eigenvalue weighted by atomic mass is 10.4. The molecule has 5 nitrogen and oxygen atoms in total. The van der Waals surface area contributed by atoms with Gasteiger partial charge in [0, 0.05) is 38.3 Å². The first-order valence-electron chi connectivity index (χ1n) is 6.56. The fourth-order valence-electron chi connectivity index (χ4n) is 2.67. The molecule has 5 heteroatoms. The number of rotatable bonds is 0. The minimum Gasteiger partial charge on any atom is -0.382 e. The van der Waals surface area contributed by atoms with Gasteiger partial charge in [-0.05, 0) is 19.8 Å². The topological polar surface area (TPSA) is 61.7 Å². The molecule has 0 atom stereocenters. The zero-order chi connectivity index (χ0) is 12.5. The molecule has 4 rings (SSSR count). The van der Waals surface area contributed by atoms with E-state index in [1.807, 2.05) is 13.1 Å². The minimum atomic E-state index is 0.657. The van der Waals surface area contributed by atoms with Gasteiger partial charge in [0.1, 0.15) is 17.5 Å². The van der Waals surface area contributed by atoms with Crippen LogP contribution in [0, 0.1) is 6.92 Å². The van der Waals surface area contributed by atoms with E-state index in [9.17, 15) is 0 Å². The van der Waals surface area contributed by atoms with Crippen LogP contribution in [0.15, 0.2) is 12.4 Å².